The zero-order chi connectivity index (χ0) is 17.9. The summed E-state index contributed by atoms with van der Waals surface area (Å²) >= 11 is 1.48. The van der Waals surface area contributed by atoms with E-state index in [1.165, 1.54) is 23.9 Å². The molecule has 4 rings (SSSR count). The van der Waals surface area contributed by atoms with Crippen LogP contribution in [0.15, 0.2) is 72.0 Å². The number of nitrogens with one attached hydrogen (secondary N) is 1. The van der Waals surface area contributed by atoms with Crippen molar-refractivity contribution in [3.05, 3.63) is 72.7 Å². The Hall–Kier alpha value is -2.99. The Morgan fingerprint density at radius 1 is 0.885 bits per heavy atom. The smallest absolute Gasteiger partial charge is 0.187 e. The summed E-state index contributed by atoms with van der Waals surface area (Å²) in [6.07, 6.45) is 3.66. The molecular weight excluding hydrogens is 347 g/mol. The van der Waals surface area contributed by atoms with Crippen LogP contribution in [0.5, 0.6) is 0 Å². The number of thioether (sulfide) groups is 1. The van der Waals surface area contributed by atoms with Crippen LogP contribution >= 0.6 is 11.8 Å². The molecule has 0 saturated heterocycles. The second-order valence-corrected chi connectivity index (χ2v) is 6.38. The molecule has 0 fully saturated rings. The Bertz CT molecular complexity index is 1030. The average molecular weight is 362 g/mol. The molecule has 128 valence electrons. The van der Waals surface area contributed by atoms with Crippen LogP contribution < -0.4 is 0 Å². The molecule has 0 spiro atoms. The van der Waals surface area contributed by atoms with E-state index in [2.05, 4.69) is 15.0 Å². The summed E-state index contributed by atoms with van der Waals surface area (Å²) in [6.45, 7) is 0. The van der Waals surface area contributed by atoms with Crippen LogP contribution in [-0.2, 0) is 0 Å². The van der Waals surface area contributed by atoms with E-state index >= 15 is 0 Å². The van der Waals surface area contributed by atoms with Gasteiger partial charge in [-0.3, -0.25) is 0 Å². The molecule has 0 amide bonds. The maximum atomic E-state index is 13.3. The van der Waals surface area contributed by atoms with Gasteiger partial charge in [0.05, 0.1) is 17.1 Å². The van der Waals surface area contributed by atoms with Crippen LogP contribution in [0.25, 0.3) is 34.0 Å². The van der Waals surface area contributed by atoms with Crippen LogP contribution in [0.4, 0.5) is 4.39 Å². The van der Waals surface area contributed by atoms with Crippen LogP contribution in [0, 0.1) is 5.82 Å². The van der Waals surface area contributed by atoms with Crippen molar-refractivity contribution in [1.29, 1.82) is 0 Å². The Morgan fingerprint density at radius 2 is 1.65 bits per heavy atom. The summed E-state index contributed by atoms with van der Waals surface area (Å²) in [5.41, 5.74) is 4.06. The molecule has 2 aromatic carbocycles. The van der Waals surface area contributed by atoms with Gasteiger partial charge in [-0.2, -0.15) is 0 Å². The molecular formula is C20H15FN4S. The standard InChI is InChI=1S/C20H15FN4S/c1-26-20-22-12-11-16(23-20)18-17(13-7-9-15(21)10-8-13)24-19(25-18)14-5-3-2-4-6-14/h2-12H,1H3,(H,24,25). The fraction of sp³-hybridized carbons (Fsp3) is 0.0500. The highest BCUT2D eigenvalue weighted by Crippen LogP contribution is 2.32. The van der Waals surface area contributed by atoms with Gasteiger partial charge < -0.3 is 4.98 Å². The molecule has 0 saturated carbocycles. The molecule has 4 nitrogen and oxygen atoms in total. The molecule has 0 unspecified atom stereocenters. The topological polar surface area (TPSA) is 54.5 Å². The lowest BCUT2D eigenvalue weighted by Crippen LogP contribution is -1.91. The summed E-state index contributed by atoms with van der Waals surface area (Å²) in [6, 6.07) is 18.0. The minimum absolute atomic E-state index is 0.277. The second kappa shape index (κ2) is 7.09. The summed E-state index contributed by atoms with van der Waals surface area (Å²) in [4.78, 5) is 17.0. The van der Waals surface area contributed by atoms with Crippen molar-refractivity contribution in [2.45, 2.75) is 5.16 Å². The number of halogens is 1. The maximum Gasteiger partial charge on any atom is 0.187 e. The molecule has 2 heterocycles. The molecule has 2 aromatic heterocycles. The van der Waals surface area contributed by atoms with Crippen LogP contribution in [-0.4, -0.2) is 26.2 Å². The van der Waals surface area contributed by atoms with E-state index in [4.69, 9.17) is 4.98 Å². The third-order valence-electron chi connectivity index (χ3n) is 3.94. The molecule has 0 atom stereocenters. The normalized spacial score (nSPS) is 10.8. The first-order chi connectivity index (χ1) is 12.7. The molecule has 1 N–H and O–H groups in total. The van der Waals surface area contributed by atoms with Crippen molar-refractivity contribution < 1.29 is 4.39 Å². The molecule has 0 aliphatic heterocycles. The van der Waals surface area contributed by atoms with Crippen molar-refractivity contribution in [3.63, 3.8) is 0 Å². The van der Waals surface area contributed by atoms with Crippen molar-refractivity contribution in [3.8, 4) is 34.0 Å². The summed E-state index contributed by atoms with van der Waals surface area (Å²) in [5, 5.41) is 0.684. The average Bonchev–Trinajstić information content (AvgIpc) is 3.15. The minimum atomic E-state index is -0.277. The highest BCUT2D eigenvalue weighted by atomic mass is 32.2. The van der Waals surface area contributed by atoms with Crippen LogP contribution in [0.2, 0.25) is 0 Å². The molecule has 0 radical (unpaired) electrons. The zero-order valence-electron chi connectivity index (χ0n) is 14.0. The number of imidazole rings is 1. The largest absolute Gasteiger partial charge is 0.336 e. The quantitative estimate of drug-likeness (QED) is 0.407. The van der Waals surface area contributed by atoms with E-state index in [0.29, 0.717) is 5.16 Å². The van der Waals surface area contributed by atoms with Crippen molar-refractivity contribution in [2.75, 3.05) is 6.26 Å². The van der Waals surface area contributed by atoms with E-state index in [1.54, 1.807) is 18.3 Å². The first-order valence-electron chi connectivity index (χ1n) is 8.03. The summed E-state index contributed by atoms with van der Waals surface area (Å²) in [5.74, 6) is 0.463. The predicted molar refractivity (Wildman–Crippen MR) is 102 cm³/mol. The monoisotopic (exact) mass is 362 g/mol. The van der Waals surface area contributed by atoms with Crippen molar-refractivity contribution in [2.24, 2.45) is 0 Å². The number of H-pyrrole nitrogens is 1. The fourth-order valence-corrected chi connectivity index (χ4v) is 3.04. The molecule has 26 heavy (non-hydrogen) atoms. The number of hydrogen-bond acceptors (Lipinski definition) is 4. The molecule has 0 bridgehead atoms. The van der Waals surface area contributed by atoms with Gasteiger partial charge in [-0.15, -0.1) is 0 Å². The number of rotatable bonds is 4. The first kappa shape index (κ1) is 16.5. The van der Waals surface area contributed by atoms with Gasteiger partial charge in [0.1, 0.15) is 11.6 Å². The Morgan fingerprint density at radius 3 is 2.38 bits per heavy atom. The van der Waals surface area contributed by atoms with Gasteiger partial charge in [-0.05, 0) is 36.6 Å². The highest BCUT2D eigenvalue weighted by Gasteiger charge is 2.16. The molecule has 0 aliphatic rings. The lowest BCUT2D eigenvalue weighted by atomic mass is 10.1. The first-order valence-corrected chi connectivity index (χ1v) is 9.26. The number of benzene rings is 2. The molecule has 0 aliphatic carbocycles. The van der Waals surface area contributed by atoms with Gasteiger partial charge in [-0.1, -0.05) is 42.1 Å². The number of hydrogen-bond donors (Lipinski definition) is 1. The Labute approximate surface area is 154 Å². The number of nitrogens with zero attached hydrogens (tertiary/aromatic N) is 3. The second-order valence-electron chi connectivity index (χ2n) is 5.61. The zero-order valence-corrected chi connectivity index (χ0v) is 14.8. The molecule has 6 heteroatoms. The fourth-order valence-electron chi connectivity index (χ4n) is 2.69. The third-order valence-corrected chi connectivity index (χ3v) is 4.50. The highest BCUT2D eigenvalue weighted by molar-refractivity contribution is 7.98. The Kier molecular flexibility index (Phi) is 4.50. The Balaban J connectivity index is 1.90. The minimum Gasteiger partial charge on any atom is -0.336 e. The lowest BCUT2D eigenvalue weighted by molar-refractivity contribution is 0.628. The van der Waals surface area contributed by atoms with Crippen molar-refractivity contribution >= 4 is 11.8 Å². The number of aromatic amines is 1. The lowest BCUT2D eigenvalue weighted by Gasteiger charge is -2.03. The van der Waals surface area contributed by atoms with Crippen LogP contribution in [0.1, 0.15) is 0 Å². The maximum absolute atomic E-state index is 13.3. The van der Waals surface area contributed by atoms with E-state index < -0.39 is 0 Å². The van der Waals surface area contributed by atoms with E-state index in [-0.39, 0.29) is 5.82 Å². The van der Waals surface area contributed by atoms with Gasteiger partial charge in [0.15, 0.2) is 5.16 Å². The predicted octanol–water partition coefficient (Wildman–Crippen LogP) is 5.06. The summed E-state index contributed by atoms with van der Waals surface area (Å²) < 4.78 is 13.3. The number of aromatic nitrogens is 4. The SMILES string of the molecule is CSc1nccc(-c2[nH]c(-c3ccccc3)nc2-c2ccc(F)cc2)n1. The van der Waals surface area contributed by atoms with E-state index in [1.807, 2.05) is 42.7 Å². The molecule has 4 aromatic rings. The van der Waals surface area contributed by atoms with E-state index in [9.17, 15) is 4.39 Å². The summed E-state index contributed by atoms with van der Waals surface area (Å²) in [7, 11) is 0. The third kappa shape index (κ3) is 3.23. The van der Waals surface area contributed by atoms with Gasteiger partial charge >= 0.3 is 0 Å². The van der Waals surface area contributed by atoms with Crippen LogP contribution in [0.3, 0.4) is 0 Å². The van der Waals surface area contributed by atoms with Gasteiger partial charge in [0.2, 0.25) is 0 Å². The van der Waals surface area contributed by atoms with Crippen molar-refractivity contribution in [1.82, 2.24) is 19.9 Å². The van der Waals surface area contributed by atoms with E-state index in [0.717, 1.165) is 34.0 Å². The van der Waals surface area contributed by atoms with Gasteiger partial charge in [0, 0.05) is 17.3 Å². The van der Waals surface area contributed by atoms with Gasteiger partial charge in [0.25, 0.3) is 0 Å². The van der Waals surface area contributed by atoms with Gasteiger partial charge in [-0.25, -0.2) is 19.3 Å².